The van der Waals surface area contributed by atoms with Gasteiger partial charge >= 0.3 is 20.9 Å². The Bertz CT molecular complexity index is 2250. The molecule has 0 saturated heterocycles. The van der Waals surface area contributed by atoms with E-state index in [1.54, 1.807) is 25.1 Å². The quantitative estimate of drug-likeness (QED) is 0.103. The number of ether oxygens (including phenoxy) is 1. The van der Waals surface area contributed by atoms with E-state index in [2.05, 4.69) is 10.3 Å². The summed E-state index contributed by atoms with van der Waals surface area (Å²) in [5, 5.41) is 9.12. The summed E-state index contributed by atoms with van der Waals surface area (Å²) >= 11 is 0. The molecule has 10 nitrogen and oxygen atoms in total. The maximum Gasteiger partial charge on any atom is 0.399 e. The third-order valence-corrected chi connectivity index (χ3v) is 11.4. The number of rotatable bonds is 13. The minimum Gasteiger partial charge on any atom is -0.496 e. The normalized spacial score (nSPS) is 14.6. The Balaban J connectivity index is 1.45. The summed E-state index contributed by atoms with van der Waals surface area (Å²) in [5.74, 6) is 0.237. The molecule has 6 rings (SSSR count). The first-order chi connectivity index (χ1) is 24.3. The Morgan fingerprint density at radius 3 is 1.94 bits per heavy atom. The average molecular weight is 734 g/mol. The minimum absolute atomic E-state index is 0.0457. The van der Waals surface area contributed by atoms with Crippen molar-refractivity contribution in [3.8, 4) is 16.9 Å². The van der Waals surface area contributed by atoms with Crippen molar-refractivity contribution in [2.45, 2.75) is 31.0 Å². The van der Waals surface area contributed by atoms with Crippen LogP contribution in [-0.4, -0.2) is 43.4 Å². The van der Waals surface area contributed by atoms with E-state index < -0.39 is 32.0 Å². The highest BCUT2D eigenvalue weighted by atomic mass is 31.2. The molecule has 264 valence electrons. The van der Waals surface area contributed by atoms with Crippen LogP contribution in [0, 0.1) is 0 Å². The lowest BCUT2D eigenvalue weighted by Gasteiger charge is -2.36. The van der Waals surface area contributed by atoms with Gasteiger partial charge in [-0.25, -0.2) is 4.68 Å². The molecule has 0 radical (unpaired) electrons. The smallest absolute Gasteiger partial charge is 0.399 e. The fraction of sp³-hybridized carbons (Fsp3) is 0.189. The zero-order valence-electron chi connectivity index (χ0n) is 27.6. The second-order valence-electron chi connectivity index (χ2n) is 12.0. The minimum atomic E-state index is -5.75. The maximum atomic E-state index is 14.6. The van der Waals surface area contributed by atoms with Crippen LogP contribution < -0.4 is 10.0 Å². The van der Waals surface area contributed by atoms with Crippen LogP contribution in [0.5, 0.6) is 5.75 Å². The Kier molecular flexibility index (Phi) is 10.1. The monoisotopic (exact) mass is 733 g/mol. The summed E-state index contributed by atoms with van der Waals surface area (Å²) in [7, 11) is -8.47. The molecule has 0 fully saturated rings. The van der Waals surface area contributed by atoms with E-state index in [9.17, 15) is 32.6 Å². The molecular weight excluding hydrogens is 698 g/mol. The Hall–Kier alpha value is -4.54. The number of aromatic nitrogens is 3. The molecule has 1 heterocycles. The maximum absolute atomic E-state index is 14.6. The van der Waals surface area contributed by atoms with E-state index in [0.29, 0.717) is 23.1 Å². The molecule has 0 aliphatic heterocycles. The van der Waals surface area contributed by atoms with Crippen LogP contribution in [0.15, 0.2) is 121 Å². The van der Waals surface area contributed by atoms with E-state index in [1.807, 2.05) is 83.5 Å². The summed E-state index contributed by atoms with van der Waals surface area (Å²) in [6.45, 7) is 1.68. The lowest BCUT2D eigenvalue weighted by atomic mass is 9.78. The van der Waals surface area contributed by atoms with Crippen molar-refractivity contribution in [1.82, 2.24) is 15.0 Å². The van der Waals surface area contributed by atoms with Crippen LogP contribution in [0.3, 0.4) is 0 Å². The van der Waals surface area contributed by atoms with Crippen molar-refractivity contribution in [3.05, 3.63) is 144 Å². The number of halogens is 2. The molecule has 6 aromatic rings. The lowest BCUT2D eigenvalue weighted by molar-refractivity contribution is 0.0564. The number of alkyl halides is 2. The molecule has 0 bridgehead atoms. The molecule has 2 atom stereocenters. The number of fused-ring (bicyclic) bond motifs is 1. The van der Waals surface area contributed by atoms with Crippen molar-refractivity contribution in [2.75, 3.05) is 13.7 Å². The number of hydrogen-bond donors (Lipinski definition) is 3. The first-order valence-electron chi connectivity index (χ1n) is 15.9. The van der Waals surface area contributed by atoms with E-state index >= 15 is 0 Å². The largest absolute Gasteiger partial charge is 0.496 e. The number of methoxy groups -OCH3 is 1. The molecule has 0 saturated carbocycles. The highest BCUT2D eigenvalue weighted by Crippen LogP contribution is 2.59. The van der Waals surface area contributed by atoms with Gasteiger partial charge in [0, 0.05) is 18.4 Å². The van der Waals surface area contributed by atoms with Crippen LogP contribution in [-0.2, 0) is 37.7 Å². The predicted octanol–water partition coefficient (Wildman–Crippen LogP) is 7.41. The number of nitrogens with zero attached hydrogens (tertiary/aromatic N) is 3. The summed E-state index contributed by atoms with van der Waals surface area (Å²) in [6.07, 6.45) is 0.619. The van der Waals surface area contributed by atoms with Gasteiger partial charge in [-0.15, -0.1) is 5.10 Å². The van der Waals surface area contributed by atoms with E-state index in [4.69, 9.17) is 9.26 Å². The Morgan fingerprint density at radius 1 is 0.745 bits per heavy atom. The zero-order chi connectivity index (χ0) is 36.4. The van der Waals surface area contributed by atoms with Gasteiger partial charge < -0.3 is 23.9 Å². The van der Waals surface area contributed by atoms with Gasteiger partial charge in [0.2, 0.25) is 0 Å². The van der Waals surface area contributed by atoms with Crippen molar-refractivity contribution in [3.63, 3.8) is 0 Å². The van der Waals surface area contributed by atoms with Crippen LogP contribution >= 0.6 is 15.2 Å². The van der Waals surface area contributed by atoms with Crippen molar-refractivity contribution in [1.29, 1.82) is 0 Å². The number of para-hydroxylation sites is 1. The first-order valence-corrected chi connectivity index (χ1v) is 19.1. The molecule has 14 heteroatoms. The molecule has 2 unspecified atom stereocenters. The number of benzene rings is 5. The van der Waals surface area contributed by atoms with Gasteiger partial charge in [0.05, 0.1) is 24.8 Å². The summed E-state index contributed by atoms with van der Waals surface area (Å²) in [4.78, 5) is 29.2. The third kappa shape index (κ3) is 7.17. The SMILES string of the molecule is CCOP(=O)(O)c1cc(-c2ccc(CC(Cc3ccc(C(F)(F)P(=O)(O)O)cc3)(c3ccccc3)n3nnc4ccccc43)cc2)ccc1OC. The molecule has 0 aliphatic carbocycles. The molecule has 3 N–H and O–H groups in total. The van der Waals surface area contributed by atoms with Gasteiger partial charge in [0.25, 0.3) is 0 Å². The van der Waals surface area contributed by atoms with Crippen LogP contribution in [0.4, 0.5) is 8.78 Å². The standard InChI is InChI=1S/C37H35F2N3O7P2/c1-3-49-50(43,44)35-23-29(19-22-34(35)48-2)28-17-13-26(14-18-28)24-36(30-9-5-4-6-10-30,42-33-12-8-7-11-32(33)40-41-42)25-27-15-20-31(21-16-27)37(38,39)51(45,46)47/h4-23H,3,24-25H2,1-2H3,(H,43,44)(H2,45,46,47). The molecule has 0 amide bonds. The molecule has 0 spiro atoms. The lowest BCUT2D eigenvalue weighted by Crippen LogP contribution is -2.40. The molecule has 1 aromatic heterocycles. The molecular formula is C37H35F2N3O7P2. The second kappa shape index (κ2) is 14.2. The van der Waals surface area contributed by atoms with Gasteiger partial charge in [-0.3, -0.25) is 9.13 Å². The van der Waals surface area contributed by atoms with Crippen molar-refractivity contribution < 1.29 is 41.9 Å². The van der Waals surface area contributed by atoms with E-state index in [0.717, 1.165) is 34.3 Å². The number of hydrogen-bond acceptors (Lipinski definition) is 6. The third-order valence-electron chi connectivity index (χ3n) is 8.80. The highest BCUT2D eigenvalue weighted by molar-refractivity contribution is 7.61. The molecule has 0 aliphatic rings. The van der Waals surface area contributed by atoms with Gasteiger partial charge in [-0.05, 0) is 59.0 Å². The zero-order valence-corrected chi connectivity index (χ0v) is 29.4. The molecule has 5 aromatic carbocycles. The van der Waals surface area contributed by atoms with Gasteiger partial charge in [0.1, 0.15) is 16.6 Å². The van der Waals surface area contributed by atoms with E-state index in [1.165, 1.54) is 19.2 Å². The van der Waals surface area contributed by atoms with Crippen molar-refractivity contribution >= 4 is 31.5 Å². The van der Waals surface area contributed by atoms with Crippen LogP contribution in [0.2, 0.25) is 0 Å². The Morgan fingerprint density at radius 2 is 1.33 bits per heavy atom. The Labute approximate surface area is 293 Å². The van der Waals surface area contributed by atoms with Gasteiger partial charge in [0.15, 0.2) is 0 Å². The van der Waals surface area contributed by atoms with Crippen LogP contribution in [0.25, 0.3) is 22.2 Å². The average Bonchev–Trinajstić information content (AvgIpc) is 3.56. The molecule has 51 heavy (non-hydrogen) atoms. The van der Waals surface area contributed by atoms with Gasteiger partial charge in [-0.1, -0.05) is 102 Å². The predicted molar refractivity (Wildman–Crippen MR) is 190 cm³/mol. The fourth-order valence-electron chi connectivity index (χ4n) is 6.29. The van der Waals surface area contributed by atoms with E-state index in [-0.39, 0.29) is 24.1 Å². The topological polar surface area (TPSA) is 144 Å². The summed E-state index contributed by atoms with van der Waals surface area (Å²) < 4.78 is 66.0. The van der Waals surface area contributed by atoms with Gasteiger partial charge in [-0.2, -0.15) is 8.78 Å². The van der Waals surface area contributed by atoms with Crippen LogP contribution in [0.1, 0.15) is 29.2 Å². The van der Waals surface area contributed by atoms with Crippen molar-refractivity contribution in [2.24, 2.45) is 0 Å². The summed E-state index contributed by atoms with van der Waals surface area (Å²) in [6, 6.07) is 34.8. The highest BCUT2D eigenvalue weighted by Gasteiger charge is 2.50. The first kappa shape index (κ1) is 36.3. The fourth-order valence-corrected chi connectivity index (χ4v) is 8.01. The second-order valence-corrected chi connectivity index (χ2v) is 15.5. The summed E-state index contributed by atoms with van der Waals surface area (Å²) in [5.41, 5.74) is -0.849.